The fourth-order valence-electron chi connectivity index (χ4n) is 3.27. The van der Waals surface area contributed by atoms with Crippen molar-refractivity contribution < 1.29 is 4.79 Å². The Bertz CT molecular complexity index is 1070. The Hall–Kier alpha value is -3.31. The standard InChI is InChI=1S/C25H23N3OS/c29-24(17-22-19-30-25(27-22)23-13-7-8-15-26-23)28(18-21-11-5-2-6-12-21)16-14-20-9-3-1-4-10-20/h1-13,15,19H,14,16-18H2. The first-order chi connectivity index (χ1) is 14.8. The van der Waals surface area contributed by atoms with Gasteiger partial charge in [0.2, 0.25) is 5.91 Å². The Morgan fingerprint density at radius 2 is 1.57 bits per heavy atom. The molecule has 0 saturated heterocycles. The van der Waals surface area contributed by atoms with Crippen molar-refractivity contribution in [2.24, 2.45) is 0 Å². The lowest BCUT2D eigenvalue weighted by Gasteiger charge is -2.23. The molecule has 0 saturated carbocycles. The van der Waals surface area contributed by atoms with E-state index in [2.05, 4.69) is 34.2 Å². The molecule has 4 aromatic rings. The molecule has 1 amide bonds. The van der Waals surface area contributed by atoms with Crippen LogP contribution in [0, 0.1) is 0 Å². The molecule has 5 heteroatoms. The van der Waals surface area contributed by atoms with E-state index in [0.717, 1.165) is 28.4 Å². The molecule has 2 aromatic heterocycles. The number of carbonyl (C=O) groups is 1. The average molecular weight is 414 g/mol. The van der Waals surface area contributed by atoms with E-state index in [0.29, 0.717) is 19.5 Å². The predicted octanol–water partition coefficient (Wildman–Crippen LogP) is 5.02. The van der Waals surface area contributed by atoms with Gasteiger partial charge in [-0.25, -0.2) is 4.98 Å². The lowest BCUT2D eigenvalue weighted by Crippen LogP contribution is -2.33. The van der Waals surface area contributed by atoms with Gasteiger partial charge in [0.05, 0.1) is 17.8 Å². The van der Waals surface area contributed by atoms with Gasteiger partial charge < -0.3 is 4.90 Å². The second-order valence-corrected chi connectivity index (χ2v) is 7.93. The summed E-state index contributed by atoms with van der Waals surface area (Å²) in [6.07, 6.45) is 2.88. The first-order valence-corrected chi connectivity index (χ1v) is 10.9. The number of nitrogens with zero attached hydrogens (tertiary/aromatic N) is 3. The Labute approximate surface area is 180 Å². The molecule has 150 valence electrons. The van der Waals surface area contributed by atoms with Gasteiger partial charge in [-0.05, 0) is 29.7 Å². The van der Waals surface area contributed by atoms with Crippen LogP contribution in [0.3, 0.4) is 0 Å². The molecule has 0 aliphatic heterocycles. The number of pyridine rings is 1. The van der Waals surface area contributed by atoms with Crippen LogP contribution < -0.4 is 0 Å². The number of benzene rings is 2. The maximum absolute atomic E-state index is 13.2. The average Bonchev–Trinajstić information content (AvgIpc) is 3.27. The summed E-state index contributed by atoms with van der Waals surface area (Å²) in [5.74, 6) is 0.0904. The van der Waals surface area contributed by atoms with Crippen LogP contribution in [0.25, 0.3) is 10.7 Å². The molecule has 0 aliphatic rings. The molecule has 4 rings (SSSR count). The summed E-state index contributed by atoms with van der Waals surface area (Å²) in [5.41, 5.74) is 4.00. The molecule has 30 heavy (non-hydrogen) atoms. The normalized spacial score (nSPS) is 10.7. The summed E-state index contributed by atoms with van der Waals surface area (Å²) in [4.78, 5) is 24.1. The van der Waals surface area contributed by atoms with Crippen molar-refractivity contribution in [3.8, 4) is 10.7 Å². The van der Waals surface area contributed by atoms with Crippen LogP contribution >= 0.6 is 11.3 Å². The summed E-state index contributed by atoms with van der Waals surface area (Å²) in [6, 6.07) is 26.2. The summed E-state index contributed by atoms with van der Waals surface area (Å²) >= 11 is 1.53. The number of carbonyl (C=O) groups excluding carboxylic acids is 1. The molecule has 4 nitrogen and oxygen atoms in total. The van der Waals surface area contributed by atoms with Crippen LogP contribution in [0.5, 0.6) is 0 Å². The molecule has 0 unspecified atom stereocenters. The van der Waals surface area contributed by atoms with Crippen molar-refractivity contribution in [1.29, 1.82) is 0 Å². The summed E-state index contributed by atoms with van der Waals surface area (Å²) in [6.45, 7) is 1.28. The molecule has 0 spiro atoms. The van der Waals surface area contributed by atoms with E-state index < -0.39 is 0 Å². The highest BCUT2D eigenvalue weighted by molar-refractivity contribution is 7.13. The minimum Gasteiger partial charge on any atom is -0.338 e. The SMILES string of the molecule is O=C(Cc1csc(-c2ccccn2)n1)N(CCc1ccccc1)Cc1ccccc1. The third kappa shape index (κ3) is 5.39. The Kier molecular flexibility index (Phi) is 6.62. The molecule has 2 heterocycles. The quantitative estimate of drug-likeness (QED) is 0.407. The lowest BCUT2D eigenvalue weighted by atomic mass is 10.1. The Morgan fingerprint density at radius 1 is 0.867 bits per heavy atom. The van der Waals surface area contributed by atoms with Crippen molar-refractivity contribution in [3.05, 3.63) is 107 Å². The lowest BCUT2D eigenvalue weighted by molar-refractivity contribution is -0.131. The van der Waals surface area contributed by atoms with E-state index in [9.17, 15) is 4.79 Å². The highest BCUT2D eigenvalue weighted by atomic mass is 32.1. The zero-order chi connectivity index (χ0) is 20.6. The second-order valence-electron chi connectivity index (χ2n) is 7.07. The fraction of sp³-hybridized carbons (Fsp3) is 0.160. The van der Waals surface area contributed by atoms with E-state index in [-0.39, 0.29) is 5.91 Å². The molecule has 0 atom stereocenters. The third-order valence-corrected chi connectivity index (χ3v) is 5.76. The Morgan fingerprint density at radius 3 is 2.27 bits per heavy atom. The van der Waals surface area contributed by atoms with Gasteiger partial charge in [-0.15, -0.1) is 11.3 Å². The van der Waals surface area contributed by atoms with Gasteiger partial charge >= 0.3 is 0 Å². The summed E-state index contributed by atoms with van der Waals surface area (Å²) < 4.78 is 0. The molecule has 0 fully saturated rings. The topological polar surface area (TPSA) is 46.1 Å². The first kappa shape index (κ1) is 20.0. The van der Waals surface area contributed by atoms with Crippen LogP contribution in [0.1, 0.15) is 16.8 Å². The van der Waals surface area contributed by atoms with Gasteiger partial charge in [-0.2, -0.15) is 0 Å². The number of aromatic nitrogens is 2. The van der Waals surface area contributed by atoms with Gasteiger partial charge in [0.1, 0.15) is 5.01 Å². The molecule has 2 aromatic carbocycles. The molecule has 0 radical (unpaired) electrons. The van der Waals surface area contributed by atoms with Crippen molar-refractivity contribution in [2.75, 3.05) is 6.54 Å². The summed E-state index contributed by atoms with van der Waals surface area (Å²) in [7, 11) is 0. The minimum atomic E-state index is 0.0904. The highest BCUT2D eigenvalue weighted by Gasteiger charge is 2.17. The second kappa shape index (κ2) is 9.94. The molecule has 0 N–H and O–H groups in total. The fourth-order valence-corrected chi connectivity index (χ4v) is 4.06. The van der Waals surface area contributed by atoms with Crippen molar-refractivity contribution in [3.63, 3.8) is 0 Å². The van der Waals surface area contributed by atoms with Crippen LogP contribution in [0.15, 0.2) is 90.4 Å². The number of hydrogen-bond donors (Lipinski definition) is 0. The first-order valence-electron chi connectivity index (χ1n) is 9.99. The zero-order valence-electron chi connectivity index (χ0n) is 16.6. The summed E-state index contributed by atoms with van der Waals surface area (Å²) in [5, 5.41) is 2.80. The van der Waals surface area contributed by atoms with Gasteiger partial charge in [-0.1, -0.05) is 66.7 Å². The van der Waals surface area contributed by atoms with E-state index in [1.54, 1.807) is 6.20 Å². The molecule has 0 aliphatic carbocycles. The van der Waals surface area contributed by atoms with Gasteiger partial charge in [0.15, 0.2) is 0 Å². The van der Waals surface area contributed by atoms with Crippen LogP contribution in [0.4, 0.5) is 0 Å². The number of rotatable bonds is 8. The van der Waals surface area contributed by atoms with E-state index in [1.807, 2.05) is 64.9 Å². The van der Waals surface area contributed by atoms with Crippen molar-refractivity contribution in [2.45, 2.75) is 19.4 Å². The van der Waals surface area contributed by atoms with E-state index in [4.69, 9.17) is 0 Å². The highest BCUT2D eigenvalue weighted by Crippen LogP contribution is 2.22. The molecular formula is C25H23N3OS. The van der Waals surface area contributed by atoms with E-state index in [1.165, 1.54) is 16.9 Å². The van der Waals surface area contributed by atoms with Crippen LogP contribution in [-0.4, -0.2) is 27.3 Å². The van der Waals surface area contributed by atoms with Gasteiger partial charge in [-0.3, -0.25) is 9.78 Å². The molecule has 0 bridgehead atoms. The van der Waals surface area contributed by atoms with Crippen LogP contribution in [0.2, 0.25) is 0 Å². The smallest absolute Gasteiger partial charge is 0.228 e. The maximum Gasteiger partial charge on any atom is 0.228 e. The van der Waals surface area contributed by atoms with E-state index >= 15 is 0 Å². The van der Waals surface area contributed by atoms with Crippen molar-refractivity contribution in [1.82, 2.24) is 14.9 Å². The number of hydrogen-bond acceptors (Lipinski definition) is 4. The monoisotopic (exact) mass is 413 g/mol. The predicted molar refractivity (Wildman–Crippen MR) is 121 cm³/mol. The third-order valence-electron chi connectivity index (χ3n) is 4.85. The maximum atomic E-state index is 13.2. The number of thiazole rings is 1. The zero-order valence-corrected chi connectivity index (χ0v) is 17.5. The van der Waals surface area contributed by atoms with Crippen molar-refractivity contribution >= 4 is 17.2 Å². The Balaban J connectivity index is 1.46. The largest absolute Gasteiger partial charge is 0.338 e. The van der Waals surface area contributed by atoms with Crippen LogP contribution in [-0.2, 0) is 24.2 Å². The minimum absolute atomic E-state index is 0.0904. The number of amides is 1. The van der Waals surface area contributed by atoms with Gasteiger partial charge in [0.25, 0.3) is 0 Å². The molecular weight excluding hydrogens is 390 g/mol. The van der Waals surface area contributed by atoms with Gasteiger partial charge in [0, 0.05) is 24.7 Å².